The van der Waals surface area contributed by atoms with E-state index in [9.17, 15) is 8.78 Å². The predicted octanol–water partition coefficient (Wildman–Crippen LogP) is 4.47. The average Bonchev–Trinajstić information content (AvgIpc) is 2.32. The maximum absolute atomic E-state index is 13.1. The maximum atomic E-state index is 13.1. The van der Waals surface area contributed by atoms with Crippen molar-refractivity contribution in [3.05, 3.63) is 29.8 Å². The molecule has 0 fully saturated rings. The molecule has 0 bridgehead atoms. The molecule has 1 rings (SSSR count). The molecule has 0 saturated carbocycles. The predicted molar refractivity (Wildman–Crippen MR) is 78.6 cm³/mol. The summed E-state index contributed by atoms with van der Waals surface area (Å²) in [5.74, 6) is -0.728. The molecule has 0 heterocycles. The van der Waals surface area contributed by atoms with E-state index in [-0.39, 0.29) is 5.41 Å². The Kier molecular flexibility index (Phi) is 6.27. The Morgan fingerprint density at radius 2 is 1.89 bits per heavy atom. The smallest absolute Gasteiger partial charge is 0.159 e. The van der Waals surface area contributed by atoms with E-state index in [1.54, 1.807) is 17.8 Å². The van der Waals surface area contributed by atoms with Gasteiger partial charge in [-0.05, 0) is 36.6 Å². The molecule has 0 saturated heterocycles. The zero-order valence-electron chi connectivity index (χ0n) is 12.1. The molecule has 1 unspecified atom stereocenters. The third-order valence-corrected chi connectivity index (χ3v) is 4.08. The summed E-state index contributed by atoms with van der Waals surface area (Å²) in [6.07, 6.45) is 1.09. The Balaban J connectivity index is 2.62. The highest BCUT2D eigenvalue weighted by Gasteiger charge is 2.23. The number of rotatable bonds is 6. The zero-order valence-corrected chi connectivity index (χ0v) is 12.9. The standard InChI is InChI=1S/C15H23F2NS/c1-5-8-18-14(15(2,3)4)10-19-11-6-7-12(16)13(17)9-11/h6-7,9,14,18H,5,8,10H2,1-4H3. The first kappa shape index (κ1) is 16.4. The fourth-order valence-corrected chi connectivity index (χ4v) is 3.01. The number of hydrogen-bond acceptors (Lipinski definition) is 2. The van der Waals surface area contributed by atoms with Gasteiger partial charge in [0, 0.05) is 16.7 Å². The molecule has 0 spiro atoms. The lowest BCUT2D eigenvalue weighted by atomic mass is 9.88. The zero-order chi connectivity index (χ0) is 14.5. The summed E-state index contributed by atoms with van der Waals surface area (Å²) in [7, 11) is 0. The molecule has 1 nitrogen and oxygen atoms in total. The van der Waals surface area contributed by atoms with Crippen molar-refractivity contribution >= 4 is 11.8 Å². The third-order valence-electron chi connectivity index (χ3n) is 2.99. The maximum Gasteiger partial charge on any atom is 0.159 e. The van der Waals surface area contributed by atoms with Crippen molar-refractivity contribution in [3.63, 3.8) is 0 Å². The van der Waals surface area contributed by atoms with Gasteiger partial charge in [0.25, 0.3) is 0 Å². The lowest BCUT2D eigenvalue weighted by Gasteiger charge is -2.31. The Hall–Kier alpha value is -0.610. The van der Waals surface area contributed by atoms with E-state index in [1.807, 2.05) is 0 Å². The molecule has 1 N–H and O–H groups in total. The summed E-state index contributed by atoms with van der Waals surface area (Å²) >= 11 is 1.56. The van der Waals surface area contributed by atoms with Gasteiger partial charge >= 0.3 is 0 Å². The van der Waals surface area contributed by atoms with Gasteiger partial charge in [0.1, 0.15) is 0 Å². The van der Waals surface area contributed by atoms with Gasteiger partial charge in [0.15, 0.2) is 11.6 Å². The van der Waals surface area contributed by atoms with Crippen LogP contribution in [0.15, 0.2) is 23.1 Å². The molecule has 19 heavy (non-hydrogen) atoms. The summed E-state index contributed by atoms with van der Waals surface area (Å²) < 4.78 is 26.0. The number of thioether (sulfide) groups is 1. The van der Waals surface area contributed by atoms with Gasteiger partial charge < -0.3 is 5.32 Å². The molecule has 0 aliphatic heterocycles. The van der Waals surface area contributed by atoms with Crippen LogP contribution in [0.4, 0.5) is 8.78 Å². The second-order valence-electron chi connectivity index (χ2n) is 5.76. The van der Waals surface area contributed by atoms with E-state index in [4.69, 9.17) is 0 Å². The number of hydrogen-bond donors (Lipinski definition) is 1. The van der Waals surface area contributed by atoms with Crippen LogP contribution in [0.3, 0.4) is 0 Å². The van der Waals surface area contributed by atoms with Crippen LogP contribution in [0, 0.1) is 17.0 Å². The summed E-state index contributed by atoms with van der Waals surface area (Å²) in [5.41, 5.74) is 0.140. The second-order valence-corrected chi connectivity index (χ2v) is 6.85. The van der Waals surface area contributed by atoms with E-state index in [0.717, 1.165) is 23.6 Å². The van der Waals surface area contributed by atoms with Crippen LogP contribution in [0.2, 0.25) is 0 Å². The number of nitrogens with one attached hydrogen (secondary N) is 1. The molecule has 108 valence electrons. The molecule has 4 heteroatoms. The Morgan fingerprint density at radius 1 is 1.21 bits per heavy atom. The van der Waals surface area contributed by atoms with Gasteiger partial charge in [-0.1, -0.05) is 27.7 Å². The van der Waals surface area contributed by atoms with Crippen LogP contribution in [0.1, 0.15) is 34.1 Å². The molecule has 0 aliphatic rings. The highest BCUT2D eigenvalue weighted by Crippen LogP contribution is 2.27. The van der Waals surface area contributed by atoms with E-state index in [2.05, 4.69) is 33.0 Å². The van der Waals surface area contributed by atoms with E-state index in [0.29, 0.717) is 6.04 Å². The summed E-state index contributed by atoms with van der Waals surface area (Å²) in [4.78, 5) is 0.770. The lowest BCUT2D eigenvalue weighted by Crippen LogP contribution is -2.42. The van der Waals surface area contributed by atoms with E-state index < -0.39 is 11.6 Å². The Bertz CT molecular complexity index is 402. The molecule has 0 aromatic heterocycles. The number of benzene rings is 1. The van der Waals surface area contributed by atoms with Crippen molar-refractivity contribution in [2.45, 2.75) is 45.1 Å². The molecular weight excluding hydrogens is 264 g/mol. The minimum Gasteiger partial charge on any atom is -0.313 e. The van der Waals surface area contributed by atoms with Crippen molar-refractivity contribution in [2.75, 3.05) is 12.3 Å². The lowest BCUT2D eigenvalue weighted by molar-refractivity contribution is 0.292. The van der Waals surface area contributed by atoms with Crippen molar-refractivity contribution in [2.24, 2.45) is 5.41 Å². The quantitative estimate of drug-likeness (QED) is 0.775. The molecule has 1 aromatic rings. The first-order valence-electron chi connectivity index (χ1n) is 6.66. The second kappa shape index (κ2) is 7.25. The highest BCUT2D eigenvalue weighted by molar-refractivity contribution is 7.99. The first-order chi connectivity index (χ1) is 8.84. The summed E-state index contributed by atoms with van der Waals surface area (Å²) in [6, 6.07) is 4.41. The Labute approximate surface area is 119 Å². The fourth-order valence-electron chi connectivity index (χ4n) is 1.68. The normalized spacial score (nSPS) is 13.6. The molecule has 1 atom stereocenters. The van der Waals surface area contributed by atoms with Crippen LogP contribution in [-0.4, -0.2) is 18.3 Å². The highest BCUT2D eigenvalue weighted by atomic mass is 32.2. The largest absolute Gasteiger partial charge is 0.313 e. The number of halogens is 2. The molecule has 1 aromatic carbocycles. The van der Waals surface area contributed by atoms with Gasteiger partial charge in [0.2, 0.25) is 0 Å². The minimum absolute atomic E-state index is 0.140. The van der Waals surface area contributed by atoms with Crippen LogP contribution in [-0.2, 0) is 0 Å². The summed E-state index contributed by atoms with van der Waals surface area (Å²) in [5, 5.41) is 3.52. The van der Waals surface area contributed by atoms with Crippen molar-refractivity contribution in [1.82, 2.24) is 5.32 Å². The van der Waals surface area contributed by atoms with Crippen molar-refractivity contribution in [3.8, 4) is 0 Å². The van der Waals surface area contributed by atoms with Crippen molar-refractivity contribution < 1.29 is 8.78 Å². The van der Waals surface area contributed by atoms with Gasteiger partial charge in [-0.3, -0.25) is 0 Å². The van der Waals surface area contributed by atoms with Crippen LogP contribution in [0.25, 0.3) is 0 Å². The monoisotopic (exact) mass is 287 g/mol. The van der Waals surface area contributed by atoms with Crippen LogP contribution in [0.5, 0.6) is 0 Å². The van der Waals surface area contributed by atoms with Crippen LogP contribution >= 0.6 is 11.8 Å². The van der Waals surface area contributed by atoms with Crippen LogP contribution < -0.4 is 5.32 Å². The van der Waals surface area contributed by atoms with Gasteiger partial charge in [0.05, 0.1) is 0 Å². The van der Waals surface area contributed by atoms with Gasteiger partial charge in [-0.25, -0.2) is 8.78 Å². The minimum atomic E-state index is -0.791. The Morgan fingerprint density at radius 3 is 2.42 bits per heavy atom. The molecular formula is C15H23F2NS. The SMILES string of the molecule is CCCNC(CSc1ccc(F)c(F)c1)C(C)(C)C. The first-order valence-corrected chi connectivity index (χ1v) is 7.64. The van der Waals surface area contributed by atoms with Gasteiger partial charge in [-0.15, -0.1) is 11.8 Å². The van der Waals surface area contributed by atoms with Gasteiger partial charge in [-0.2, -0.15) is 0 Å². The van der Waals surface area contributed by atoms with E-state index in [1.165, 1.54) is 12.1 Å². The average molecular weight is 287 g/mol. The molecule has 0 radical (unpaired) electrons. The third kappa shape index (κ3) is 5.49. The van der Waals surface area contributed by atoms with E-state index >= 15 is 0 Å². The fraction of sp³-hybridized carbons (Fsp3) is 0.600. The topological polar surface area (TPSA) is 12.0 Å². The molecule has 0 amide bonds. The summed E-state index contributed by atoms with van der Waals surface area (Å²) in [6.45, 7) is 9.67. The van der Waals surface area contributed by atoms with Crippen molar-refractivity contribution in [1.29, 1.82) is 0 Å². The molecule has 0 aliphatic carbocycles.